The van der Waals surface area contributed by atoms with Gasteiger partial charge >= 0.3 is 5.97 Å². The Balaban J connectivity index is 3.34. The van der Waals surface area contributed by atoms with Gasteiger partial charge in [0.15, 0.2) is 0 Å². The summed E-state index contributed by atoms with van der Waals surface area (Å²) in [5, 5.41) is 8.79. The predicted octanol–water partition coefficient (Wildman–Crippen LogP) is 2.61. The Labute approximate surface area is 96.2 Å². The highest BCUT2D eigenvalue weighted by atomic mass is 32.2. The highest BCUT2D eigenvalue weighted by molar-refractivity contribution is 7.99. The minimum absolute atomic E-state index is 0.169. The van der Waals surface area contributed by atoms with Gasteiger partial charge in [-0.15, -0.1) is 0 Å². The zero-order chi connectivity index (χ0) is 11.7. The van der Waals surface area contributed by atoms with E-state index in [9.17, 15) is 4.79 Å². The number of ether oxygens (including phenoxy) is 1. The molecule has 0 N–H and O–H groups in total. The molecule has 86 valence electrons. The molecule has 0 aromatic rings. The molecular weight excluding hydrogens is 210 g/mol. The van der Waals surface area contributed by atoms with Crippen molar-refractivity contribution in [3.63, 3.8) is 0 Å². The molecule has 0 heterocycles. The fourth-order valence-electron chi connectivity index (χ4n) is 1.04. The molecule has 0 saturated heterocycles. The third kappa shape index (κ3) is 8.31. The quantitative estimate of drug-likeness (QED) is 0.497. The van der Waals surface area contributed by atoms with Crippen LogP contribution in [0, 0.1) is 16.7 Å². The van der Waals surface area contributed by atoms with Crippen LogP contribution in [0.4, 0.5) is 0 Å². The van der Waals surface area contributed by atoms with Crippen LogP contribution in [0.1, 0.15) is 33.1 Å². The van der Waals surface area contributed by atoms with Gasteiger partial charge in [0.1, 0.15) is 0 Å². The molecule has 0 amide bonds. The molecule has 0 aliphatic rings. The first kappa shape index (κ1) is 14.3. The van der Waals surface area contributed by atoms with Crippen molar-refractivity contribution in [1.82, 2.24) is 0 Å². The molecule has 4 heteroatoms. The first-order chi connectivity index (χ1) is 7.02. The highest BCUT2D eigenvalue weighted by Gasteiger charge is 2.15. The van der Waals surface area contributed by atoms with Crippen LogP contribution in [0.25, 0.3) is 0 Å². The zero-order valence-corrected chi connectivity index (χ0v) is 10.5. The minimum Gasteiger partial charge on any atom is -0.468 e. The zero-order valence-electron chi connectivity index (χ0n) is 9.71. The van der Waals surface area contributed by atoms with E-state index in [-0.39, 0.29) is 11.4 Å². The minimum atomic E-state index is -0.215. The van der Waals surface area contributed by atoms with Crippen molar-refractivity contribution in [3.05, 3.63) is 0 Å². The average molecular weight is 229 g/mol. The monoisotopic (exact) mass is 229 g/mol. The Morgan fingerprint density at radius 3 is 2.67 bits per heavy atom. The van der Waals surface area contributed by atoms with Gasteiger partial charge < -0.3 is 4.74 Å². The summed E-state index contributed by atoms with van der Waals surface area (Å²) >= 11 is 1.59. The maximum absolute atomic E-state index is 10.8. The lowest BCUT2D eigenvalue weighted by Gasteiger charge is -2.13. The number of hydrogen-bond donors (Lipinski definition) is 0. The molecular formula is C11H19NO2S. The molecule has 0 radical (unpaired) electrons. The third-order valence-electron chi connectivity index (χ3n) is 2.09. The van der Waals surface area contributed by atoms with Crippen LogP contribution in [0.15, 0.2) is 0 Å². The van der Waals surface area contributed by atoms with Gasteiger partial charge in [-0.05, 0) is 32.4 Å². The first-order valence-corrected chi connectivity index (χ1v) is 6.23. The number of nitrogens with zero attached hydrogens (tertiary/aromatic N) is 1. The summed E-state index contributed by atoms with van der Waals surface area (Å²) in [6, 6.07) is 2.28. The molecule has 0 fully saturated rings. The van der Waals surface area contributed by atoms with E-state index < -0.39 is 0 Å². The van der Waals surface area contributed by atoms with Crippen LogP contribution in [-0.2, 0) is 9.53 Å². The van der Waals surface area contributed by atoms with Crippen molar-refractivity contribution >= 4 is 17.7 Å². The summed E-state index contributed by atoms with van der Waals surface area (Å²) in [6.45, 7) is 3.91. The molecule has 0 atom stereocenters. The van der Waals surface area contributed by atoms with E-state index in [0.717, 1.165) is 25.0 Å². The van der Waals surface area contributed by atoms with Gasteiger partial charge in [0.25, 0.3) is 0 Å². The third-order valence-corrected chi connectivity index (χ3v) is 3.11. The van der Waals surface area contributed by atoms with Crippen LogP contribution in [-0.4, -0.2) is 24.6 Å². The Kier molecular flexibility index (Phi) is 7.23. The van der Waals surface area contributed by atoms with Crippen molar-refractivity contribution in [2.75, 3.05) is 18.6 Å². The summed E-state index contributed by atoms with van der Waals surface area (Å²) in [6.07, 6.45) is 3.00. The summed E-state index contributed by atoms with van der Waals surface area (Å²) in [5.74, 6) is 1.21. The van der Waals surface area contributed by atoms with Gasteiger partial charge in [0, 0.05) is 0 Å². The van der Waals surface area contributed by atoms with Crippen molar-refractivity contribution in [3.8, 4) is 6.07 Å². The summed E-state index contributed by atoms with van der Waals surface area (Å²) in [7, 11) is 1.40. The van der Waals surface area contributed by atoms with Crippen molar-refractivity contribution in [2.45, 2.75) is 33.1 Å². The standard InChI is InChI=1S/C11H19NO2S/c1-11(2,9-12)6-4-5-7-15-8-10(13)14-3/h4-8H2,1-3H3. The van der Waals surface area contributed by atoms with E-state index in [2.05, 4.69) is 10.8 Å². The van der Waals surface area contributed by atoms with Crippen molar-refractivity contribution in [1.29, 1.82) is 5.26 Å². The second-order valence-electron chi connectivity index (χ2n) is 4.08. The number of methoxy groups -OCH3 is 1. The van der Waals surface area contributed by atoms with Crippen LogP contribution in [0.3, 0.4) is 0 Å². The van der Waals surface area contributed by atoms with E-state index in [4.69, 9.17) is 5.26 Å². The lowest BCUT2D eigenvalue weighted by atomic mass is 9.89. The maximum Gasteiger partial charge on any atom is 0.315 e. The summed E-state index contributed by atoms with van der Waals surface area (Å²) < 4.78 is 4.53. The van der Waals surface area contributed by atoms with Crippen LogP contribution in [0.2, 0.25) is 0 Å². The number of thioether (sulfide) groups is 1. The van der Waals surface area contributed by atoms with Gasteiger partial charge in [-0.2, -0.15) is 17.0 Å². The number of unbranched alkanes of at least 4 members (excludes halogenated alkanes) is 1. The van der Waals surface area contributed by atoms with E-state index >= 15 is 0 Å². The van der Waals surface area contributed by atoms with Gasteiger partial charge in [-0.1, -0.05) is 6.42 Å². The topological polar surface area (TPSA) is 50.1 Å². The predicted molar refractivity (Wildman–Crippen MR) is 62.6 cm³/mol. The molecule has 0 unspecified atom stereocenters. The molecule has 15 heavy (non-hydrogen) atoms. The molecule has 0 saturated carbocycles. The van der Waals surface area contributed by atoms with E-state index in [1.165, 1.54) is 7.11 Å². The lowest BCUT2D eigenvalue weighted by Crippen LogP contribution is -2.07. The number of nitriles is 1. The molecule has 0 aliphatic carbocycles. The van der Waals surface area contributed by atoms with E-state index in [0.29, 0.717) is 5.75 Å². The Hall–Kier alpha value is -0.690. The maximum atomic E-state index is 10.8. The SMILES string of the molecule is COC(=O)CSCCCCC(C)(C)C#N. The van der Waals surface area contributed by atoms with Gasteiger partial charge in [0.2, 0.25) is 0 Å². The van der Waals surface area contributed by atoms with Crippen molar-refractivity contribution < 1.29 is 9.53 Å². The molecule has 0 spiro atoms. The fraction of sp³-hybridized carbons (Fsp3) is 0.818. The van der Waals surface area contributed by atoms with Gasteiger partial charge in [-0.3, -0.25) is 4.79 Å². The van der Waals surface area contributed by atoms with E-state index in [1.54, 1.807) is 11.8 Å². The highest BCUT2D eigenvalue weighted by Crippen LogP contribution is 2.22. The lowest BCUT2D eigenvalue weighted by molar-refractivity contribution is -0.137. The molecule has 0 rings (SSSR count). The molecule has 0 aromatic heterocycles. The van der Waals surface area contributed by atoms with Crippen molar-refractivity contribution in [2.24, 2.45) is 5.41 Å². The fourth-order valence-corrected chi connectivity index (χ4v) is 1.88. The van der Waals surface area contributed by atoms with E-state index in [1.807, 2.05) is 13.8 Å². The summed E-state index contributed by atoms with van der Waals surface area (Å²) in [4.78, 5) is 10.8. The van der Waals surface area contributed by atoms with Gasteiger partial charge in [0.05, 0.1) is 24.3 Å². The summed E-state index contributed by atoms with van der Waals surface area (Å²) in [5.41, 5.74) is -0.215. The van der Waals surface area contributed by atoms with Crippen LogP contribution < -0.4 is 0 Å². The molecule has 0 bridgehead atoms. The van der Waals surface area contributed by atoms with Crippen LogP contribution >= 0.6 is 11.8 Å². The average Bonchev–Trinajstić information content (AvgIpc) is 2.22. The molecule has 0 aromatic carbocycles. The molecule has 0 aliphatic heterocycles. The second-order valence-corrected chi connectivity index (χ2v) is 5.19. The number of hydrogen-bond acceptors (Lipinski definition) is 4. The normalized spacial score (nSPS) is 10.8. The van der Waals surface area contributed by atoms with Crippen LogP contribution in [0.5, 0.6) is 0 Å². The Morgan fingerprint density at radius 1 is 1.47 bits per heavy atom. The number of esters is 1. The Morgan fingerprint density at radius 2 is 2.13 bits per heavy atom. The van der Waals surface area contributed by atoms with Gasteiger partial charge in [-0.25, -0.2) is 0 Å². The Bertz CT molecular complexity index is 233. The number of carbonyl (C=O) groups is 1. The largest absolute Gasteiger partial charge is 0.468 e. The second kappa shape index (κ2) is 7.58. The number of rotatable bonds is 7. The number of carbonyl (C=O) groups excluding carboxylic acids is 1. The molecule has 3 nitrogen and oxygen atoms in total. The first-order valence-electron chi connectivity index (χ1n) is 5.07. The smallest absolute Gasteiger partial charge is 0.315 e.